The number of β-lactam (4-membered cyclic amide) rings is 1. The van der Waals surface area contributed by atoms with Crippen LogP contribution in [0.4, 0.5) is 5.13 Å². The molecule has 2 atom stereocenters. The first-order valence-electron chi connectivity index (χ1n) is 12.8. The minimum atomic E-state index is -1.20. The lowest BCUT2D eigenvalue weighted by Crippen LogP contribution is -2.71. The molecule has 40 heavy (non-hydrogen) atoms. The molecule has 0 bridgehead atoms. The average Bonchev–Trinajstić information content (AvgIpc) is 3.58. The van der Waals surface area contributed by atoms with Gasteiger partial charge in [-0.05, 0) is 31.7 Å². The van der Waals surface area contributed by atoms with Crippen LogP contribution in [0.5, 0.6) is 0 Å². The molecule has 0 unspecified atom stereocenters. The van der Waals surface area contributed by atoms with E-state index in [4.69, 9.17) is 10.6 Å². The van der Waals surface area contributed by atoms with Crippen LogP contribution in [0.2, 0.25) is 0 Å². The number of nitrogens with two attached hydrogens (primary N) is 1. The first-order chi connectivity index (χ1) is 19.4. The van der Waals surface area contributed by atoms with E-state index in [1.807, 2.05) is 16.8 Å². The zero-order valence-electron chi connectivity index (χ0n) is 21.2. The summed E-state index contributed by atoms with van der Waals surface area (Å²) in [5, 5.41) is 20.6. The van der Waals surface area contributed by atoms with E-state index in [2.05, 4.69) is 24.9 Å². The Morgan fingerprint density at radius 2 is 2.12 bits per heavy atom. The van der Waals surface area contributed by atoms with Crippen LogP contribution in [0.15, 0.2) is 47.1 Å². The molecule has 0 spiro atoms. The third-order valence-electron chi connectivity index (χ3n) is 7.05. The highest BCUT2D eigenvalue weighted by molar-refractivity contribution is 8.00. The second-order valence-electron chi connectivity index (χ2n) is 9.63. The number of rotatable bonds is 8. The maximum Gasteiger partial charge on any atom is 0.352 e. The molecule has 1 saturated heterocycles. The summed E-state index contributed by atoms with van der Waals surface area (Å²) in [5.74, 6) is -2.04. The van der Waals surface area contributed by atoms with Gasteiger partial charge in [0.25, 0.3) is 11.8 Å². The molecular formula is C24H26N9O5S2+. The molecule has 3 aliphatic rings. The van der Waals surface area contributed by atoms with Crippen LogP contribution in [0, 0.1) is 0 Å². The Labute approximate surface area is 236 Å². The van der Waals surface area contributed by atoms with E-state index in [1.54, 1.807) is 23.0 Å². The number of thioether (sulfide) groups is 1. The van der Waals surface area contributed by atoms with Crippen molar-refractivity contribution in [2.24, 2.45) is 5.16 Å². The zero-order chi connectivity index (χ0) is 27.8. The highest BCUT2D eigenvalue weighted by atomic mass is 32.2. The predicted molar refractivity (Wildman–Crippen MR) is 144 cm³/mol. The number of hydrogen-bond donors (Lipinski definition) is 3. The highest BCUT2D eigenvalue weighted by Gasteiger charge is 2.54. The van der Waals surface area contributed by atoms with Crippen LogP contribution in [-0.4, -0.2) is 75.7 Å². The van der Waals surface area contributed by atoms with E-state index in [0.29, 0.717) is 11.3 Å². The van der Waals surface area contributed by atoms with Crippen molar-refractivity contribution >= 4 is 57.6 Å². The summed E-state index contributed by atoms with van der Waals surface area (Å²) in [6, 6.07) is 2.72. The Morgan fingerprint density at radius 1 is 1.30 bits per heavy atom. The maximum atomic E-state index is 13.3. The summed E-state index contributed by atoms with van der Waals surface area (Å²) in [6.07, 6.45) is 9.97. The highest BCUT2D eigenvalue weighted by Crippen LogP contribution is 2.40. The van der Waals surface area contributed by atoms with Crippen molar-refractivity contribution in [2.75, 3.05) is 11.5 Å². The molecule has 0 radical (unpaired) electrons. The number of amides is 2. The van der Waals surface area contributed by atoms with Gasteiger partial charge in [-0.1, -0.05) is 16.7 Å². The Hall–Kier alpha value is -4.05. The zero-order valence-corrected chi connectivity index (χ0v) is 22.8. The summed E-state index contributed by atoms with van der Waals surface area (Å²) in [6.45, 7) is 0.274. The number of carbonyl (C=O) groups excluding carboxylic acids is 2. The van der Waals surface area contributed by atoms with Crippen molar-refractivity contribution in [2.45, 2.75) is 56.2 Å². The number of carboxylic acid groups (broad SMARTS) is 1. The monoisotopic (exact) mass is 584 g/mol. The van der Waals surface area contributed by atoms with Gasteiger partial charge < -0.3 is 21.0 Å². The van der Waals surface area contributed by atoms with Gasteiger partial charge in [-0.2, -0.15) is 9.36 Å². The van der Waals surface area contributed by atoms with Crippen molar-refractivity contribution in [3.05, 3.63) is 47.8 Å². The normalized spacial score (nSPS) is 21.8. The van der Waals surface area contributed by atoms with Crippen molar-refractivity contribution in [3.63, 3.8) is 0 Å². The van der Waals surface area contributed by atoms with Gasteiger partial charge >= 0.3 is 11.6 Å². The third-order valence-corrected chi connectivity index (χ3v) is 8.93. The van der Waals surface area contributed by atoms with E-state index in [0.717, 1.165) is 49.3 Å². The molecule has 4 N–H and O–H groups in total. The second-order valence-corrected chi connectivity index (χ2v) is 11.5. The number of fused-ring (bicyclic) bond motifs is 2. The van der Waals surface area contributed by atoms with Gasteiger partial charge in [-0.25, -0.2) is 9.36 Å². The number of hydrogen-bond acceptors (Lipinski definition) is 11. The number of aliphatic carboxylic acids is 1. The Balaban J connectivity index is 1.20. The van der Waals surface area contributed by atoms with Gasteiger partial charge in [0.05, 0.1) is 6.20 Å². The summed E-state index contributed by atoms with van der Waals surface area (Å²) < 4.78 is 7.65. The fourth-order valence-corrected chi connectivity index (χ4v) is 6.87. The summed E-state index contributed by atoms with van der Waals surface area (Å²) in [4.78, 5) is 49.8. The van der Waals surface area contributed by atoms with Crippen LogP contribution in [0.1, 0.15) is 37.9 Å². The number of nitrogens with one attached hydrogen (secondary N) is 1. The van der Waals surface area contributed by atoms with Crippen molar-refractivity contribution in [1.82, 2.24) is 29.2 Å². The van der Waals surface area contributed by atoms with Gasteiger partial charge in [-0.3, -0.25) is 14.5 Å². The Morgan fingerprint density at radius 3 is 2.88 bits per heavy atom. The molecule has 0 aromatic carbocycles. The number of nitrogen functional groups attached to an aromatic ring is 1. The molecule has 208 valence electrons. The predicted octanol–water partition coefficient (Wildman–Crippen LogP) is 0.548. The van der Waals surface area contributed by atoms with Crippen molar-refractivity contribution in [3.8, 4) is 0 Å². The van der Waals surface area contributed by atoms with E-state index in [-0.39, 0.29) is 35.0 Å². The fraction of sp³-hybridized carbons (Fsp3) is 0.417. The van der Waals surface area contributed by atoms with Crippen molar-refractivity contribution < 1.29 is 28.9 Å². The first kappa shape index (κ1) is 26.2. The van der Waals surface area contributed by atoms with E-state index < -0.39 is 29.2 Å². The lowest BCUT2D eigenvalue weighted by atomic mass is 9.98. The number of anilines is 1. The standard InChI is InChI=1S/C24H25N9O5S2/c25-24-28-19(30-40-24)16(29-38-14-5-2-1-3-6-14)20(34)27-17-21(35)33-18(23(36)37)13(12-39-22(17)33)11-31-9-10-32-15(31)7-4-8-26-32/h4,7-10,14,17,22H,1-3,5-6,11-12H2,(H3-,25,27,28,30,34,36,37)/p+1/b29-16-/t17-,22-/m1/s1. The second kappa shape index (κ2) is 10.8. The van der Waals surface area contributed by atoms with Crippen LogP contribution in [0.3, 0.4) is 0 Å². The third kappa shape index (κ3) is 4.88. The molecule has 1 aliphatic carbocycles. The molecule has 2 aliphatic heterocycles. The molecular weight excluding hydrogens is 558 g/mol. The van der Waals surface area contributed by atoms with Crippen LogP contribution in [-0.2, 0) is 25.8 Å². The number of aromatic nitrogens is 5. The SMILES string of the molecule is Nc1nc(/C(=N/OC2CCCCC2)C(=O)N[C@@H]2C(=O)N3C(C(=O)O)=C(C[n+]4ccn5ncccc54)CS[C@H]23)ns1. The first-order valence-corrected chi connectivity index (χ1v) is 14.6. The topological polar surface area (TPSA) is 181 Å². The van der Waals surface area contributed by atoms with Gasteiger partial charge in [0.2, 0.25) is 11.5 Å². The molecule has 2 fully saturated rings. The minimum absolute atomic E-state index is 0.00968. The molecule has 3 aromatic heterocycles. The van der Waals surface area contributed by atoms with Crippen LogP contribution < -0.4 is 15.6 Å². The molecule has 1 saturated carbocycles. The number of imidazole rings is 1. The van der Waals surface area contributed by atoms with E-state index in [1.165, 1.54) is 16.7 Å². The van der Waals surface area contributed by atoms with Crippen LogP contribution >= 0.6 is 23.3 Å². The Bertz CT molecular complexity index is 1540. The smallest absolute Gasteiger partial charge is 0.352 e. The number of oxime groups is 1. The molecule has 16 heteroatoms. The van der Waals surface area contributed by atoms with Gasteiger partial charge in [0.1, 0.15) is 36.0 Å². The number of nitrogens with zero attached hydrogens (tertiary/aromatic N) is 7. The van der Waals surface area contributed by atoms with E-state index in [9.17, 15) is 19.5 Å². The summed E-state index contributed by atoms with van der Waals surface area (Å²) >= 11 is 2.30. The summed E-state index contributed by atoms with van der Waals surface area (Å²) in [7, 11) is 0. The lowest BCUT2D eigenvalue weighted by Gasteiger charge is -2.49. The fourth-order valence-electron chi connectivity index (χ4n) is 5.10. The molecule has 14 nitrogen and oxygen atoms in total. The molecule has 6 rings (SSSR count). The van der Waals surface area contributed by atoms with Crippen LogP contribution in [0.25, 0.3) is 5.65 Å². The largest absolute Gasteiger partial charge is 0.477 e. The van der Waals surface area contributed by atoms with Gasteiger partial charge in [0, 0.05) is 28.9 Å². The van der Waals surface area contributed by atoms with Gasteiger partial charge in [-0.15, -0.1) is 16.3 Å². The molecule has 5 heterocycles. The van der Waals surface area contributed by atoms with Gasteiger partial charge in [0.15, 0.2) is 11.3 Å². The lowest BCUT2D eigenvalue weighted by molar-refractivity contribution is -0.662. The maximum absolute atomic E-state index is 13.3. The number of carboxylic acids is 1. The Kier molecular flexibility index (Phi) is 7.10. The quantitative estimate of drug-likeness (QED) is 0.146. The molecule has 3 aromatic rings. The average molecular weight is 585 g/mol. The minimum Gasteiger partial charge on any atom is -0.477 e. The van der Waals surface area contributed by atoms with Crippen molar-refractivity contribution in [1.29, 1.82) is 0 Å². The summed E-state index contributed by atoms with van der Waals surface area (Å²) in [5.41, 5.74) is 6.84. The number of carbonyl (C=O) groups is 3. The van der Waals surface area contributed by atoms with E-state index >= 15 is 0 Å². The molecule has 2 amide bonds.